The van der Waals surface area contributed by atoms with Gasteiger partial charge in [-0.15, -0.1) is 11.8 Å². The molecule has 0 aliphatic carbocycles. The van der Waals surface area contributed by atoms with E-state index in [0.717, 1.165) is 20.6 Å². The summed E-state index contributed by atoms with van der Waals surface area (Å²) in [5.41, 5.74) is 7.59. The zero-order chi connectivity index (χ0) is 13.1. The number of hydrogen-bond donors (Lipinski definition) is 1. The van der Waals surface area contributed by atoms with Crippen LogP contribution in [0.1, 0.15) is 5.56 Å². The summed E-state index contributed by atoms with van der Waals surface area (Å²) in [6.45, 7) is 0. The van der Waals surface area contributed by atoms with Gasteiger partial charge in [-0.3, -0.25) is 0 Å². The van der Waals surface area contributed by atoms with Gasteiger partial charge in [-0.2, -0.15) is 0 Å². The molecule has 0 spiro atoms. The number of nitrogen functional groups attached to an aromatic ring is 1. The molecule has 0 bridgehead atoms. The minimum absolute atomic E-state index is 0.399. The third kappa shape index (κ3) is 3.54. The molecule has 0 amide bonds. The fourth-order valence-corrected chi connectivity index (χ4v) is 3.33. The zero-order valence-corrected chi connectivity index (χ0v) is 13.1. The molecule has 2 aromatic rings. The molecule has 2 N–H and O–H groups in total. The van der Waals surface area contributed by atoms with Gasteiger partial charge in [0.2, 0.25) is 0 Å². The van der Waals surface area contributed by atoms with Crippen molar-refractivity contribution < 1.29 is 0 Å². The maximum Gasteiger partial charge on any atom is 0.134 e. The molecule has 0 atom stereocenters. The number of benzene rings is 1. The fourth-order valence-electron chi connectivity index (χ4n) is 1.34. The van der Waals surface area contributed by atoms with E-state index >= 15 is 0 Å². The smallest absolute Gasteiger partial charge is 0.134 e. The van der Waals surface area contributed by atoms with Crippen LogP contribution < -0.4 is 5.73 Å². The molecule has 6 heteroatoms. The monoisotopic (exact) mass is 362 g/mol. The third-order valence-corrected chi connectivity index (χ3v) is 4.40. The number of nitrogens with zero attached hydrogens (tertiary/aromatic N) is 1. The first kappa shape index (κ1) is 14.0. The van der Waals surface area contributed by atoms with Gasteiger partial charge in [-0.25, -0.2) is 4.98 Å². The second-order valence-electron chi connectivity index (χ2n) is 3.55. The lowest BCUT2D eigenvalue weighted by molar-refractivity contribution is 1.25. The van der Waals surface area contributed by atoms with E-state index in [1.165, 1.54) is 0 Å². The summed E-state index contributed by atoms with van der Waals surface area (Å²) in [6, 6.07) is 9.37. The molecule has 1 aromatic carbocycles. The van der Waals surface area contributed by atoms with Crippen LogP contribution >= 0.6 is 50.9 Å². The first-order valence-electron chi connectivity index (χ1n) is 5.05. The summed E-state index contributed by atoms with van der Waals surface area (Å²) in [7, 11) is 0. The number of thioether (sulfide) groups is 1. The molecule has 1 heterocycles. The highest BCUT2D eigenvalue weighted by Crippen LogP contribution is 2.32. The van der Waals surface area contributed by atoms with E-state index in [9.17, 15) is 0 Å². The Morgan fingerprint density at radius 1 is 1.22 bits per heavy atom. The first-order valence-corrected chi connectivity index (χ1v) is 7.58. The minimum atomic E-state index is 0.399. The van der Waals surface area contributed by atoms with Crippen LogP contribution in [-0.4, -0.2) is 4.98 Å². The van der Waals surface area contributed by atoms with E-state index in [0.29, 0.717) is 16.1 Å². The second-order valence-corrected chi connectivity index (χ2v) is 6.23. The minimum Gasteiger partial charge on any atom is -0.398 e. The summed E-state index contributed by atoms with van der Waals surface area (Å²) in [6.07, 6.45) is 0. The third-order valence-electron chi connectivity index (χ3n) is 2.25. The lowest BCUT2D eigenvalue weighted by Crippen LogP contribution is -1.90. The Balaban J connectivity index is 2.13. The van der Waals surface area contributed by atoms with Gasteiger partial charge in [-0.1, -0.05) is 45.2 Å². The van der Waals surface area contributed by atoms with E-state index in [4.69, 9.17) is 28.9 Å². The van der Waals surface area contributed by atoms with E-state index in [1.54, 1.807) is 17.8 Å². The van der Waals surface area contributed by atoms with Gasteiger partial charge in [0.15, 0.2) is 0 Å². The van der Waals surface area contributed by atoms with Crippen molar-refractivity contribution in [3.05, 3.63) is 50.7 Å². The van der Waals surface area contributed by atoms with Gasteiger partial charge in [0, 0.05) is 20.8 Å². The fraction of sp³-hybridized carbons (Fsp3) is 0.0833. The Morgan fingerprint density at radius 3 is 2.72 bits per heavy atom. The first-order chi connectivity index (χ1) is 8.56. The number of rotatable bonds is 3. The van der Waals surface area contributed by atoms with Gasteiger partial charge in [-0.05, 0) is 29.8 Å². The zero-order valence-electron chi connectivity index (χ0n) is 9.16. The maximum atomic E-state index is 6.02. The van der Waals surface area contributed by atoms with Crippen molar-refractivity contribution >= 4 is 56.6 Å². The second kappa shape index (κ2) is 6.15. The lowest BCUT2D eigenvalue weighted by Gasteiger charge is -2.07. The highest BCUT2D eigenvalue weighted by molar-refractivity contribution is 9.10. The Morgan fingerprint density at radius 2 is 2.00 bits per heavy atom. The molecule has 1 aromatic heterocycles. The van der Waals surface area contributed by atoms with E-state index < -0.39 is 0 Å². The van der Waals surface area contributed by atoms with Crippen LogP contribution in [0.4, 0.5) is 5.69 Å². The normalized spacial score (nSPS) is 10.6. The predicted molar refractivity (Wildman–Crippen MR) is 82.4 cm³/mol. The number of nitrogens with two attached hydrogens (primary N) is 1. The lowest BCUT2D eigenvalue weighted by atomic mass is 10.3. The standard InChI is InChI=1S/C12H9BrCl2N2S/c13-8-2-3-9(16)10(5-8)18-6-7-1-4-11(14)17-12(7)15/h1-5H,6,16H2. The number of aromatic nitrogens is 1. The summed E-state index contributed by atoms with van der Waals surface area (Å²) in [5, 5.41) is 0.833. The topological polar surface area (TPSA) is 38.9 Å². The Kier molecular flexibility index (Phi) is 4.78. The highest BCUT2D eigenvalue weighted by Gasteiger charge is 2.06. The number of anilines is 1. The number of hydrogen-bond acceptors (Lipinski definition) is 3. The molecule has 0 unspecified atom stereocenters. The Bertz CT molecular complexity index is 578. The molecule has 0 saturated heterocycles. The van der Waals surface area contributed by atoms with Crippen molar-refractivity contribution in [1.29, 1.82) is 0 Å². The molecular weight excluding hydrogens is 355 g/mol. The summed E-state index contributed by atoms with van der Waals surface area (Å²) in [5.74, 6) is 0.698. The van der Waals surface area contributed by atoms with E-state index in [1.807, 2.05) is 24.3 Å². The summed E-state index contributed by atoms with van der Waals surface area (Å²) in [4.78, 5) is 5.01. The Hall–Kier alpha value is -0.420. The molecule has 2 nitrogen and oxygen atoms in total. The van der Waals surface area contributed by atoms with Crippen molar-refractivity contribution in [1.82, 2.24) is 4.98 Å². The molecule has 0 radical (unpaired) electrons. The van der Waals surface area contributed by atoms with Crippen molar-refractivity contribution in [3.8, 4) is 0 Å². The highest BCUT2D eigenvalue weighted by atomic mass is 79.9. The van der Waals surface area contributed by atoms with Crippen molar-refractivity contribution in [2.75, 3.05) is 5.73 Å². The molecular formula is C12H9BrCl2N2S. The van der Waals surface area contributed by atoms with Crippen LogP contribution in [0.5, 0.6) is 0 Å². The molecule has 94 valence electrons. The summed E-state index contributed by atoms with van der Waals surface area (Å²) < 4.78 is 1.000. The van der Waals surface area contributed by atoms with Crippen molar-refractivity contribution in [2.24, 2.45) is 0 Å². The predicted octanol–water partition coefficient (Wildman–Crippen LogP) is 5.03. The number of halogens is 3. The van der Waals surface area contributed by atoms with Gasteiger partial charge < -0.3 is 5.73 Å². The van der Waals surface area contributed by atoms with Crippen LogP contribution in [0, 0.1) is 0 Å². The van der Waals surface area contributed by atoms with Gasteiger partial charge in [0.25, 0.3) is 0 Å². The van der Waals surface area contributed by atoms with Crippen LogP contribution in [-0.2, 0) is 5.75 Å². The van der Waals surface area contributed by atoms with Gasteiger partial charge in [0.05, 0.1) is 0 Å². The number of pyridine rings is 1. The molecule has 0 fully saturated rings. The Labute approximate surface area is 128 Å². The van der Waals surface area contributed by atoms with E-state index in [2.05, 4.69) is 20.9 Å². The average molecular weight is 364 g/mol. The van der Waals surface area contributed by atoms with Crippen molar-refractivity contribution in [2.45, 2.75) is 10.6 Å². The molecule has 18 heavy (non-hydrogen) atoms. The largest absolute Gasteiger partial charge is 0.398 e. The van der Waals surface area contributed by atoms with Crippen LogP contribution in [0.25, 0.3) is 0 Å². The summed E-state index contributed by atoms with van der Waals surface area (Å²) >= 11 is 16.8. The molecule has 2 rings (SSSR count). The maximum absolute atomic E-state index is 6.02. The average Bonchev–Trinajstić information content (AvgIpc) is 2.32. The van der Waals surface area contributed by atoms with E-state index in [-0.39, 0.29) is 0 Å². The molecule has 0 aliphatic heterocycles. The van der Waals surface area contributed by atoms with Crippen LogP contribution in [0.15, 0.2) is 39.7 Å². The van der Waals surface area contributed by atoms with Crippen LogP contribution in [0.2, 0.25) is 10.3 Å². The van der Waals surface area contributed by atoms with Crippen molar-refractivity contribution in [3.63, 3.8) is 0 Å². The molecule has 0 saturated carbocycles. The SMILES string of the molecule is Nc1ccc(Br)cc1SCc1ccc(Cl)nc1Cl. The van der Waals surface area contributed by atoms with Crippen LogP contribution in [0.3, 0.4) is 0 Å². The van der Waals surface area contributed by atoms with Gasteiger partial charge >= 0.3 is 0 Å². The molecule has 0 aliphatic rings. The quantitative estimate of drug-likeness (QED) is 0.472. The van der Waals surface area contributed by atoms with Gasteiger partial charge in [0.1, 0.15) is 10.3 Å².